The predicted molar refractivity (Wildman–Crippen MR) is 105 cm³/mol. The predicted octanol–water partition coefficient (Wildman–Crippen LogP) is 1.99. The summed E-state index contributed by atoms with van der Waals surface area (Å²) in [6.45, 7) is 7.44. The molecule has 2 aliphatic rings. The Balaban J connectivity index is 1.61. The number of aromatic nitrogens is 3. The highest BCUT2D eigenvalue weighted by Gasteiger charge is 2.31. The van der Waals surface area contributed by atoms with Crippen LogP contribution in [0.1, 0.15) is 47.6 Å². The molecule has 1 atom stereocenters. The molecule has 0 saturated carbocycles. The van der Waals surface area contributed by atoms with E-state index >= 15 is 0 Å². The number of carbonyl (C=O) groups is 1. The number of likely N-dealkylation sites (N-methyl/N-ethyl adjacent to an activating group) is 1. The number of carbonyl (C=O) groups excluding carboxylic acids is 1. The summed E-state index contributed by atoms with van der Waals surface area (Å²) in [5.41, 5.74) is 3.73. The monoisotopic (exact) mass is 368 g/mol. The van der Waals surface area contributed by atoms with Gasteiger partial charge >= 0.3 is 0 Å². The molecule has 0 radical (unpaired) electrons. The molecule has 0 spiro atoms. The second kappa shape index (κ2) is 7.31. The number of piperidine rings is 1. The molecular formula is C20H28N6O. The SMILES string of the molecule is Cc1c(C(=O)N2Cc3ccccc3N(C)CC2C)nnn1C1CCNCC1. The number of rotatable bonds is 2. The van der Waals surface area contributed by atoms with E-state index in [1.165, 1.54) is 11.3 Å². The number of hydrogen-bond acceptors (Lipinski definition) is 5. The van der Waals surface area contributed by atoms with Crippen LogP contribution in [-0.2, 0) is 6.54 Å². The molecule has 3 heterocycles. The van der Waals surface area contributed by atoms with E-state index in [4.69, 9.17) is 0 Å². The van der Waals surface area contributed by atoms with E-state index in [0.29, 0.717) is 18.3 Å². The Morgan fingerprint density at radius 1 is 1.22 bits per heavy atom. The van der Waals surface area contributed by atoms with Crippen LogP contribution in [-0.4, -0.2) is 58.5 Å². The van der Waals surface area contributed by atoms with Gasteiger partial charge in [0, 0.05) is 31.9 Å². The van der Waals surface area contributed by atoms with Crippen LogP contribution in [0.25, 0.3) is 0 Å². The molecule has 1 aromatic heterocycles. The molecule has 7 heteroatoms. The summed E-state index contributed by atoms with van der Waals surface area (Å²) in [6.07, 6.45) is 2.05. The zero-order valence-corrected chi connectivity index (χ0v) is 16.4. The second-order valence-corrected chi connectivity index (χ2v) is 7.74. The number of para-hydroxylation sites is 1. The molecule has 2 aromatic rings. The largest absolute Gasteiger partial charge is 0.372 e. The topological polar surface area (TPSA) is 66.3 Å². The summed E-state index contributed by atoms with van der Waals surface area (Å²) in [4.78, 5) is 17.5. The van der Waals surface area contributed by atoms with Gasteiger partial charge in [-0.1, -0.05) is 23.4 Å². The van der Waals surface area contributed by atoms with Gasteiger partial charge in [0.15, 0.2) is 5.69 Å². The van der Waals surface area contributed by atoms with Crippen molar-refractivity contribution >= 4 is 11.6 Å². The van der Waals surface area contributed by atoms with E-state index in [-0.39, 0.29) is 11.9 Å². The molecule has 27 heavy (non-hydrogen) atoms. The number of fused-ring (bicyclic) bond motifs is 1. The van der Waals surface area contributed by atoms with Gasteiger partial charge in [0.2, 0.25) is 0 Å². The van der Waals surface area contributed by atoms with Crippen LogP contribution in [0.5, 0.6) is 0 Å². The summed E-state index contributed by atoms with van der Waals surface area (Å²) in [5, 5.41) is 12.0. The average molecular weight is 368 g/mol. The Labute approximate surface area is 160 Å². The third-order valence-electron chi connectivity index (χ3n) is 5.86. The zero-order chi connectivity index (χ0) is 19.0. The second-order valence-electron chi connectivity index (χ2n) is 7.74. The first kappa shape index (κ1) is 18.0. The number of anilines is 1. The Hall–Kier alpha value is -2.41. The van der Waals surface area contributed by atoms with Crippen molar-refractivity contribution in [2.75, 3.05) is 31.6 Å². The molecule has 2 aliphatic heterocycles. The molecule has 144 valence electrons. The number of nitrogens with zero attached hydrogens (tertiary/aromatic N) is 5. The number of nitrogens with one attached hydrogen (secondary N) is 1. The summed E-state index contributed by atoms with van der Waals surface area (Å²) in [5.74, 6) is -0.0229. The van der Waals surface area contributed by atoms with Crippen molar-refractivity contribution in [1.29, 1.82) is 0 Å². The maximum Gasteiger partial charge on any atom is 0.276 e. The van der Waals surface area contributed by atoms with Gasteiger partial charge in [-0.3, -0.25) is 4.79 Å². The molecule has 7 nitrogen and oxygen atoms in total. The summed E-state index contributed by atoms with van der Waals surface area (Å²) in [7, 11) is 2.09. The first-order valence-corrected chi connectivity index (χ1v) is 9.78. The van der Waals surface area contributed by atoms with E-state index < -0.39 is 0 Å². The van der Waals surface area contributed by atoms with Crippen LogP contribution >= 0.6 is 0 Å². The lowest BCUT2D eigenvalue weighted by Crippen LogP contribution is -2.42. The molecule has 1 N–H and O–H groups in total. The quantitative estimate of drug-likeness (QED) is 0.878. The van der Waals surface area contributed by atoms with E-state index in [1.807, 2.05) is 28.6 Å². The van der Waals surface area contributed by atoms with Crippen molar-refractivity contribution < 1.29 is 4.79 Å². The maximum atomic E-state index is 13.4. The third kappa shape index (κ3) is 3.32. The fraction of sp³-hybridized carbons (Fsp3) is 0.550. The van der Waals surface area contributed by atoms with Crippen molar-refractivity contribution in [2.24, 2.45) is 0 Å². The van der Waals surface area contributed by atoms with E-state index in [2.05, 4.69) is 46.6 Å². The summed E-state index contributed by atoms with van der Waals surface area (Å²) in [6, 6.07) is 8.72. The first-order chi connectivity index (χ1) is 13.1. The summed E-state index contributed by atoms with van der Waals surface area (Å²) >= 11 is 0. The van der Waals surface area contributed by atoms with Crippen molar-refractivity contribution in [1.82, 2.24) is 25.2 Å². The molecule has 0 aliphatic carbocycles. The van der Waals surface area contributed by atoms with Crippen molar-refractivity contribution in [3.63, 3.8) is 0 Å². The molecule has 1 fully saturated rings. The normalized spacial score (nSPS) is 21.1. The Bertz CT molecular complexity index is 826. The fourth-order valence-corrected chi connectivity index (χ4v) is 4.29. The highest BCUT2D eigenvalue weighted by atomic mass is 16.2. The standard InChI is InChI=1S/C20H28N6O/c1-14-12-24(3)18-7-5-4-6-16(18)13-25(14)20(27)19-15(2)26(23-22-19)17-8-10-21-11-9-17/h4-7,14,17,21H,8-13H2,1-3H3. The number of amides is 1. The van der Waals surface area contributed by atoms with Crippen molar-refractivity contribution in [2.45, 2.75) is 45.3 Å². The van der Waals surface area contributed by atoms with Crippen LogP contribution in [0.4, 0.5) is 5.69 Å². The van der Waals surface area contributed by atoms with Crippen molar-refractivity contribution in [3.05, 3.63) is 41.2 Å². The fourth-order valence-electron chi connectivity index (χ4n) is 4.29. The van der Waals surface area contributed by atoms with Gasteiger partial charge in [-0.15, -0.1) is 5.10 Å². The van der Waals surface area contributed by atoms with Gasteiger partial charge < -0.3 is 15.1 Å². The Kier molecular flexibility index (Phi) is 4.86. The molecule has 1 unspecified atom stereocenters. The van der Waals surface area contributed by atoms with E-state index in [9.17, 15) is 4.79 Å². The lowest BCUT2D eigenvalue weighted by molar-refractivity contribution is 0.0680. The van der Waals surface area contributed by atoms with Gasteiger partial charge in [0.1, 0.15) is 0 Å². The number of hydrogen-bond donors (Lipinski definition) is 1. The first-order valence-electron chi connectivity index (χ1n) is 9.78. The van der Waals surface area contributed by atoms with Crippen molar-refractivity contribution in [3.8, 4) is 0 Å². The van der Waals surface area contributed by atoms with E-state index in [0.717, 1.165) is 38.2 Å². The highest BCUT2D eigenvalue weighted by molar-refractivity contribution is 5.93. The lowest BCUT2D eigenvalue weighted by Gasteiger charge is -2.28. The minimum Gasteiger partial charge on any atom is -0.372 e. The number of benzene rings is 1. The Morgan fingerprint density at radius 3 is 2.74 bits per heavy atom. The van der Waals surface area contributed by atoms with Gasteiger partial charge in [-0.25, -0.2) is 4.68 Å². The van der Waals surface area contributed by atoms with Gasteiger partial charge in [0.05, 0.1) is 11.7 Å². The van der Waals surface area contributed by atoms with Gasteiger partial charge in [-0.2, -0.15) is 0 Å². The molecule has 0 bridgehead atoms. The minimum absolute atomic E-state index is 0.0229. The molecule has 1 saturated heterocycles. The smallest absolute Gasteiger partial charge is 0.276 e. The van der Waals surface area contributed by atoms with Crippen LogP contribution < -0.4 is 10.2 Å². The van der Waals surface area contributed by atoms with Crippen LogP contribution in [0.3, 0.4) is 0 Å². The molecule has 1 amide bonds. The average Bonchev–Trinajstić information content (AvgIpc) is 3.01. The molecular weight excluding hydrogens is 340 g/mol. The maximum absolute atomic E-state index is 13.4. The van der Waals surface area contributed by atoms with Crippen LogP contribution in [0, 0.1) is 6.92 Å². The van der Waals surface area contributed by atoms with E-state index in [1.54, 1.807) is 0 Å². The molecule has 4 rings (SSSR count). The van der Waals surface area contributed by atoms with Gasteiger partial charge in [0.25, 0.3) is 5.91 Å². The van der Waals surface area contributed by atoms with Crippen LogP contribution in [0.2, 0.25) is 0 Å². The minimum atomic E-state index is -0.0229. The third-order valence-corrected chi connectivity index (χ3v) is 5.86. The highest BCUT2D eigenvalue weighted by Crippen LogP contribution is 2.28. The van der Waals surface area contributed by atoms with Crippen LogP contribution in [0.15, 0.2) is 24.3 Å². The Morgan fingerprint density at radius 2 is 1.96 bits per heavy atom. The van der Waals surface area contributed by atoms with Gasteiger partial charge in [-0.05, 0) is 51.4 Å². The zero-order valence-electron chi connectivity index (χ0n) is 16.4. The lowest BCUT2D eigenvalue weighted by atomic mass is 10.1. The summed E-state index contributed by atoms with van der Waals surface area (Å²) < 4.78 is 1.95. The molecule has 1 aromatic carbocycles.